The van der Waals surface area contributed by atoms with Crippen molar-refractivity contribution in [2.45, 2.75) is 25.8 Å². The van der Waals surface area contributed by atoms with E-state index in [2.05, 4.69) is 21.8 Å². The van der Waals surface area contributed by atoms with Gasteiger partial charge in [-0.2, -0.15) is 0 Å². The highest BCUT2D eigenvalue weighted by Gasteiger charge is 2.27. The van der Waals surface area contributed by atoms with Crippen molar-refractivity contribution >= 4 is 5.97 Å². The number of piperidine rings is 1. The SMILES string of the molecule is C[C@H](c1cnccn1)N1CCC(C(=O)O)CC1. The lowest BCUT2D eigenvalue weighted by molar-refractivity contribution is -0.143. The minimum Gasteiger partial charge on any atom is -0.481 e. The molecule has 1 fully saturated rings. The van der Waals surface area contributed by atoms with E-state index in [4.69, 9.17) is 5.11 Å². The van der Waals surface area contributed by atoms with Gasteiger partial charge in [-0.05, 0) is 32.9 Å². The average Bonchev–Trinajstić information content (AvgIpc) is 2.39. The minimum atomic E-state index is -0.670. The molecular weight excluding hydrogens is 218 g/mol. The Morgan fingerprint density at radius 3 is 2.71 bits per heavy atom. The number of likely N-dealkylation sites (tertiary alicyclic amines) is 1. The van der Waals surface area contributed by atoms with Gasteiger partial charge in [-0.3, -0.25) is 19.7 Å². The zero-order valence-corrected chi connectivity index (χ0v) is 9.91. The van der Waals surface area contributed by atoms with Crippen LogP contribution >= 0.6 is 0 Å². The summed E-state index contributed by atoms with van der Waals surface area (Å²) >= 11 is 0. The van der Waals surface area contributed by atoms with Gasteiger partial charge in [0.25, 0.3) is 0 Å². The molecule has 92 valence electrons. The molecule has 0 unspecified atom stereocenters. The molecule has 0 saturated carbocycles. The zero-order chi connectivity index (χ0) is 12.3. The molecule has 1 atom stereocenters. The third-order valence-corrected chi connectivity index (χ3v) is 3.44. The summed E-state index contributed by atoms with van der Waals surface area (Å²) in [5.41, 5.74) is 0.946. The molecule has 2 heterocycles. The molecule has 1 aliphatic heterocycles. The highest BCUT2D eigenvalue weighted by Crippen LogP contribution is 2.25. The lowest BCUT2D eigenvalue weighted by Crippen LogP contribution is -2.38. The molecular formula is C12H17N3O2. The van der Waals surface area contributed by atoms with E-state index >= 15 is 0 Å². The molecule has 0 aliphatic carbocycles. The van der Waals surface area contributed by atoms with Gasteiger partial charge in [-0.25, -0.2) is 0 Å². The zero-order valence-electron chi connectivity index (χ0n) is 9.91. The van der Waals surface area contributed by atoms with Gasteiger partial charge < -0.3 is 5.11 Å². The maximum Gasteiger partial charge on any atom is 0.306 e. The first kappa shape index (κ1) is 12.0. The molecule has 0 spiro atoms. The maximum atomic E-state index is 10.9. The van der Waals surface area contributed by atoms with Gasteiger partial charge in [0.15, 0.2) is 0 Å². The van der Waals surface area contributed by atoms with Gasteiger partial charge in [-0.15, -0.1) is 0 Å². The quantitative estimate of drug-likeness (QED) is 0.856. The number of hydrogen-bond acceptors (Lipinski definition) is 4. The summed E-state index contributed by atoms with van der Waals surface area (Å²) in [7, 11) is 0. The van der Waals surface area contributed by atoms with Crippen LogP contribution in [0.5, 0.6) is 0 Å². The first-order valence-electron chi connectivity index (χ1n) is 5.91. The summed E-state index contributed by atoms with van der Waals surface area (Å²) in [5, 5.41) is 8.94. The summed E-state index contributed by atoms with van der Waals surface area (Å²) in [5.74, 6) is -0.850. The predicted octanol–water partition coefficient (Wildman–Crippen LogP) is 1.33. The lowest BCUT2D eigenvalue weighted by Gasteiger charge is -2.34. The van der Waals surface area contributed by atoms with E-state index in [1.807, 2.05) is 0 Å². The average molecular weight is 235 g/mol. The minimum absolute atomic E-state index is 0.180. The standard InChI is InChI=1S/C12H17N3O2/c1-9(11-8-13-4-5-14-11)15-6-2-10(3-7-15)12(16)17/h4-5,8-10H,2-3,6-7H2,1H3,(H,16,17)/t9-/m1/s1. The van der Waals surface area contributed by atoms with Crippen LogP contribution in [0.25, 0.3) is 0 Å². The van der Waals surface area contributed by atoms with Gasteiger partial charge in [0, 0.05) is 18.6 Å². The Hall–Kier alpha value is -1.49. The van der Waals surface area contributed by atoms with E-state index in [1.54, 1.807) is 18.6 Å². The van der Waals surface area contributed by atoms with Crippen LogP contribution in [0, 0.1) is 5.92 Å². The van der Waals surface area contributed by atoms with E-state index in [0.717, 1.165) is 31.6 Å². The highest BCUT2D eigenvalue weighted by atomic mass is 16.4. The predicted molar refractivity (Wildman–Crippen MR) is 62.4 cm³/mol. The summed E-state index contributed by atoms with van der Waals surface area (Å²) in [6, 6.07) is 0.207. The molecule has 0 radical (unpaired) electrons. The van der Waals surface area contributed by atoms with Crippen molar-refractivity contribution in [2.75, 3.05) is 13.1 Å². The van der Waals surface area contributed by atoms with Crippen molar-refractivity contribution < 1.29 is 9.90 Å². The number of aromatic nitrogens is 2. The van der Waals surface area contributed by atoms with Gasteiger partial charge in [0.1, 0.15) is 0 Å². The molecule has 0 bridgehead atoms. The summed E-state index contributed by atoms with van der Waals surface area (Å²) in [6.45, 7) is 3.72. The Bertz CT molecular complexity index is 375. The summed E-state index contributed by atoms with van der Waals surface area (Å²) in [4.78, 5) is 21.5. The van der Waals surface area contributed by atoms with Crippen molar-refractivity contribution in [3.8, 4) is 0 Å². The molecule has 0 amide bonds. The number of nitrogens with zero attached hydrogens (tertiary/aromatic N) is 3. The number of aliphatic carboxylic acids is 1. The second-order valence-corrected chi connectivity index (χ2v) is 4.45. The Labute approximate surface area is 100 Å². The van der Waals surface area contributed by atoms with Crippen molar-refractivity contribution in [1.29, 1.82) is 0 Å². The van der Waals surface area contributed by atoms with Crippen molar-refractivity contribution in [1.82, 2.24) is 14.9 Å². The fourth-order valence-corrected chi connectivity index (χ4v) is 2.25. The normalized spacial score (nSPS) is 20.1. The number of carbonyl (C=O) groups is 1. The van der Waals surface area contributed by atoms with Crippen LogP contribution in [0.1, 0.15) is 31.5 Å². The second kappa shape index (κ2) is 5.23. The fourth-order valence-electron chi connectivity index (χ4n) is 2.25. The molecule has 5 nitrogen and oxygen atoms in total. The van der Waals surface area contributed by atoms with Crippen LogP contribution in [0.2, 0.25) is 0 Å². The number of rotatable bonds is 3. The van der Waals surface area contributed by atoms with E-state index in [0.29, 0.717) is 0 Å². The molecule has 1 aromatic heterocycles. The van der Waals surface area contributed by atoms with Crippen molar-refractivity contribution in [3.63, 3.8) is 0 Å². The number of carboxylic acid groups (broad SMARTS) is 1. The van der Waals surface area contributed by atoms with Gasteiger partial charge in [-0.1, -0.05) is 0 Å². The van der Waals surface area contributed by atoms with Crippen LogP contribution in [-0.4, -0.2) is 39.0 Å². The molecule has 17 heavy (non-hydrogen) atoms. The summed E-state index contributed by atoms with van der Waals surface area (Å²) in [6.07, 6.45) is 6.57. The largest absolute Gasteiger partial charge is 0.481 e. The molecule has 2 rings (SSSR count). The van der Waals surface area contributed by atoms with Gasteiger partial charge >= 0.3 is 5.97 Å². The van der Waals surface area contributed by atoms with Crippen LogP contribution in [0.15, 0.2) is 18.6 Å². The number of hydrogen-bond donors (Lipinski definition) is 1. The van der Waals surface area contributed by atoms with Crippen LogP contribution in [0.3, 0.4) is 0 Å². The third kappa shape index (κ3) is 2.79. The topological polar surface area (TPSA) is 66.3 Å². The monoisotopic (exact) mass is 235 g/mol. The Kier molecular flexibility index (Phi) is 3.68. The third-order valence-electron chi connectivity index (χ3n) is 3.44. The van der Waals surface area contributed by atoms with E-state index in [9.17, 15) is 4.79 Å². The van der Waals surface area contributed by atoms with Gasteiger partial charge in [0.2, 0.25) is 0 Å². The van der Waals surface area contributed by atoms with Crippen molar-refractivity contribution in [2.24, 2.45) is 5.92 Å². The van der Waals surface area contributed by atoms with E-state index < -0.39 is 5.97 Å². The lowest BCUT2D eigenvalue weighted by atomic mass is 9.96. The van der Waals surface area contributed by atoms with E-state index in [-0.39, 0.29) is 12.0 Å². The molecule has 5 heteroatoms. The number of carboxylic acids is 1. The van der Waals surface area contributed by atoms with Gasteiger partial charge in [0.05, 0.1) is 17.7 Å². The van der Waals surface area contributed by atoms with Crippen molar-refractivity contribution in [3.05, 3.63) is 24.3 Å². The molecule has 1 N–H and O–H groups in total. The maximum absolute atomic E-state index is 10.9. The smallest absolute Gasteiger partial charge is 0.306 e. The Morgan fingerprint density at radius 1 is 1.47 bits per heavy atom. The Morgan fingerprint density at radius 2 is 2.18 bits per heavy atom. The highest BCUT2D eigenvalue weighted by molar-refractivity contribution is 5.70. The second-order valence-electron chi connectivity index (χ2n) is 4.45. The molecule has 1 saturated heterocycles. The first-order valence-corrected chi connectivity index (χ1v) is 5.91. The molecule has 1 aliphatic rings. The van der Waals surface area contributed by atoms with Crippen LogP contribution in [0.4, 0.5) is 0 Å². The fraction of sp³-hybridized carbons (Fsp3) is 0.583. The van der Waals surface area contributed by atoms with Crippen LogP contribution in [-0.2, 0) is 4.79 Å². The molecule has 0 aromatic carbocycles. The van der Waals surface area contributed by atoms with E-state index in [1.165, 1.54) is 0 Å². The first-order chi connectivity index (χ1) is 8.18. The van der Waals surface area contributed by atoms with Crippen LogP contribution < -0.4 is 0 Å². The summed E-state index contributed by atoms with van der Waals surface area (Å²) < 4.78 is 0. The molecule has 1 aromatic rings. The Balaban J connectivity index is 1.95.